The topological polar surface area (TPSA) is 104 Å². The molecule has 1 aliphatic heterocycles. The van der Waals surface area contributed by atoms with Crippen molar-refractivity contribution in [3.05, 3.63) is 76.6 Å². The Labute approximate surface area is 174 Å². The van der Waals surface area contributed by atoms with Crippen LogP contribution in [0.1, 0.15) is 32.9 Å². The van der Waals surface area contributed by atoms with Gasteiger partial charge in [-0.05, 0) is 37.6 Å². The number of fused-ring (bicyclic) bond motifs is 1. The number of aromatic nitrogens is 1. The molecule has 3 aromatic rings. The van der Waals surface area contributed by atoms with Crippen molar-refractivity contribution in [2.75, 3.05) is 18.1 Å². The zero-order valence-corrected chi connectivity index (χ0v) is 17.0. The molecule has 0 fully saturated rings. The standard InChI is InChI=1S/C23H24N4O3/c1-14-11-19(15(2)26-14)23(28)27(13-16-3-5-17(6-4-16)22(24)25)18-7-8-20-21(12-18)30-10-9-29-20/h3-8,11-12,26H,9-10,13H2,1-2H3,(H3,24,25). The van der Waals surface area contributed by atoms with Gasteiger partial charge in [-0.25, -0.2) is 0 Å². The minimum Gasteiger partial charge on any atom is -0.486 e. The summed E-state index contributed by atoms with van der Waals surface area (Å²) in [5.74, 6) is 1.21. The smallest absolute Gasteiger partial charge is 0.260 e. The van der Waals surface area contributed by atoms with E-state index in [0.29, 0.717) is 42.4 Å². The summed E-state index contributed by atoms with van der Waals surface area (Å²) < 4.78 is 11.3. The number of hydrogen-bond acceptors (Lipinski definition) is 4. The van der Waals surface area contributed by atoms with E-state index in [1.807, 2.05) is 50.2 Å². The molecule has 0 unspecified atom stereocenters. The van der Waals surface area contributed by atoms with Crippen LogP contribution in [0.2, 0.25) is 0 Å². The molecule has 0 radical (unpaired) electrons. The molecular weight excluding hydrogens is 380 g/mol. The van der Waals surface area contributed by atoms with Gasteiger partial charge in [0, 0.05) is 28.7 Å². The van der Waals surface area contributed by atoms with E-state index in [2.05, 4.69) is 4.98 Å². The van der Waals surface area contributed by atoms with E-state index < -0.39 is 0 Å². The number of rotatable bonds is 5. The average Bonchev–Trinajstić information content (AvgIpc) is 3.09. The highest BCUT2D eigenvalue weighted by Gasteiger charge is 2.23. The third-order valence-electron chi connectivity index (χ3n) is 5.07. The number of carbonyl (C=O) groups is 1. The maximum atomic E-state index is 13.5. The van der Waals surface area contributed by atoms with Crippen LogP contribution in [0.4, 0.5) is 5.69 Å². The maximum Gasteiger partial charge on any atom is 0.260 e. The number of H-pyrrole nitrogens is 1. The summed E-state index contributed by atoms with van der Waals surface area (Å²) in [4.78, 5) is 18.4. The number of anilines is 1. The van der Waals surface area contributed by atoms with E-state index in [4.69, 9.17) is 20.6 Å². The summed E-state index contributed by atoms with van der Waals surface area (Å²) in [5.41, 5.74) is 10.2. The van der Waals surface area contributed by atoms with E-state index in [-0.39, 0.29) is 11.7 Å². The van der Waals surface area contributed by atoms with Crippen LogP contribution >= 0.6 is 0 Å². The lowest BCUT2D eigenvalue weighted by atomic mass is 10.1. The largest absolute Gasteiger partial charge is 0.486 e. The highest BCUT2D eigenvalue weighted by Crippen LogP contribution is 2.35. The lowest BCUT2D eigenvalue weighted by Gasteiger charge is -2.26. The molecule has 0 saturated carbocycles. The van der Waals surface area contributed by atoms with Gasteiger partial charge in [-0.2, -0.15) is 0 Å². The monoisotopic (exact) mass is 404 g/mol. The van der Waals surface area contributed by atoms with Crippen molar-refractivity contribution in [1.82, 2.24) is 4.98 Å². The summed E-state index contributed by atoms with van der Waals surface area (Å²) in [7, 11) is 0. The zero-order chi connectivity index (χ0) is 21.3. The van der Waals surface area contributed by atoms with Gasteiger partial charge in [-0.15, -0.1) is 0 Å². The van der Waals surface area contributed by atoms with Crippen LogP contribution in [-0.2, 0) is 6.54 Å². The summed E-state index contributed by atoms with van der Waals surface area (Å²) in [6.45, 7) is 5.18. The number of hydrogen-bond donors (Lipinski definition) is 3. The second kappa shape index (κ2) is 7.94. The summed E-state index contributed by atoms with van der Waals surface area (Å²) in [6.07, 6.45) is 0. The van der Waals surface area contributed by atoms with Gasteiger partial charge >= 0.3 is 0 Å². The number of nitrogen functional groups attached to an aromatic ring is 1. The highest BCUT2D eigenvalue weighted by molar-refractivity contribution is 6.07. The Balaban J connectivity index is 1.71. The molecule has 1 aromatic heterocycles. The number of ether oxygens (including phenoxy) is 2. The fourth-order valence-electron chi connectivity index (χ4n) is 3.54. The molecule has 4 N–H and O–H groups in total. The molecule has 0 saturated heterocycles. The van der Waals surface area contributed by atoms with Gasteiger partial charge in [-0.3, -0.25) is 10.2 Å². The molecule has 1 aliphatic rings. The Morgan fingerprint density at radius 2 is 1.77 bits per heavy atom. The van der Waals surface area contributed by atoms with Crippen molar-refractivity contribution in [1.29, 1.82) is 5.41 Å². The van der Waals surface area contributed by atoms with E-state index >= 15 is 0 Å². The van der Waals surface area contributed by atoms with Crippen molar-refractivity contribution in [2.45, 2.75) is 20.4 Å². The number of aryl methyl sites for hydroxylation is 2. The molecule has 2 heterocycles. The van der Waals surface area contributed by atoms with E-state index in [1.165, 1.54) is 0 Å². The second-order valence-corrected chi connectivity index (χ2v) is 7.32. The third-order valence-corrected chi connectivity index (χ3v) is 5.07. The first kappa shape index (κ1) is 19.6. The first-order valence-corrected chi connectivity index (χ1v) is 9.73. The predicted molar refractivity (Wildman–Crippen MR) is 116 cm³/mol. The second-order valence-electron chi connectivity index (χ2n) is 7.32. The number of amides is 1. The number of nitrogens with two attached hydrogens (primary N) is 1. The molecule has 7 nitrogen and oxygen atoms in total. The minimum atomic E-state index is -0.107. The van der Waals surface area contributed by atoms with Gasteiger partial charge in [-0.1, -0.05) is 24.3 Å². The number of benzene rings is 2. The molecule has 0 spiro atoms. The molecule has 7 heteroatoms. The maximum absolute atomic E-state index is 13.5. The molecule has 4 rings (SSSR count). The van der Waals surface area contributed by atoms with Crippen LogP contribution in [0.5, 0.6) is 11.5 Å². The SMILES string of the molecule is Cc1cc(C(=O)N(Cc2ccc(C(=N)N)cc2)c2ccc3c(c2)OCCO3)c(C)[nH]1. The van der Waals surface area contributed by atoms with Crippen molar-refractivity contribution >= 4 is 17.4 Å². The van der Waals surface area contributed by atoms with Crippen molar-refractivity contribution in [3.63, 3.8) is 0 Å². The van der Waals surface area contributed by atoms with Gasteiger partial charge in [0.05, 0.1) is 12.1 Å². The number of carbonyl (C=O) groups excluding carboxylic acids is 1. The fourth-order valence-corrected chi connectivity index (χ4v) is 3.54. The number of aromatic amines is 1. The minimum absolute atomic E-state index is 0.0136. The number of nitrogens with zero attached hydrogens (tertiary/aromatic N) is 1. The summed E-state index contributed by atoms with van der Waals surface area (Å²) in [5, 5.41) is 7.56. The molecule has 0 bridgehead atoms. The first-order chi connectivity index (χ1) is 14.4. The average molecular weight is 404 g/mol. The van der Waals surface area contributed by atoms with E-state index in [9.17, 15) is 4.79 Å². The van der Waals surface area contributed by atoms with Crippen LogP contribution in [0, 0.1) is 19.3 Å². The molecule has 1 amide bonds. The normalized spacial score (nSPS) is 12.5. The van der Waals surface area contributed by atoms with Crippen molar-refractivity contribution < 1.29 is 14.3 Å². The van der Waals surface area contributed by atoms with Crippen molar-refractivity contribution in [2.24, 2.45) is 5.73 Å². The number of amidine groups is 1. The van der Waals surface area contributed by atoms with Crippen LogP contribution in [0.3, 0.4) is 0 Å². The molecular formula is C23H24N4O3. The van der Waals surface area contributed by atoms with Gasteiger partial charge in [0.1, 0.15) is 19.0 Å². The van der Waals surface area contributed by atoms with Crippen LogP contribution in [0.25, 0.3) is 0 Å². The molecule has 30 heavy (non-hydrogen) atoms. The van der Waals surface area contributed by atoms with Gasteiger partial charge in [0.2, 0.25) is 0 Å². The van der Waals surface area contributed by atoms with Crippen LogP contribution in [0.15, 0.2) is 48.5 Å². The van der Waals surface area contributed by atoms with Crippen LogP contribution in [-0.4, -0.2) is 29.9 Å². The van der Waals surface area contributed by atoms with Crippen LogP contribution < -0.4 is 20.1 Å². The summed E-state index contributed by atoms with van der Waals surface area (Å²) >= 11 is 0. The molecule has 154 valence electrons. The summed E-state index contributed by atoms with van der Waals surface area (Å²) in [6, 6.07) is 14.7. The molecule has 0 atom stereocenters. The van der Waals surface area contributed by atoms with E-state index in [0.717, 1.165) is 22.6 Å². The Kier molecular flexibility index (Phi) is 5.18. The first-order valence-electron chi connectivity index (χ1n) is 9.73. The van der Waals surface area contributed by atoms with E-state index in [1.54, 1.807) is 17.0 Å². The fraction of sp³-hybridized carbons (Fsp3) is 0.217. The zero-order valence-electron chi connectivity index (χ0n) is 17.0. The lowest BCUT2D eigenvalue weighted by molar-refractivity contribution is 0.0984. The Morgan fingerprint density at radius 3 is 2.40 bits per heavy atom. The third kappa shape index (κ3) is 3.87. The molecule has 0 aliphatic carbocycles. The number of nitrogens with one attached hydrogen (secondary N) is 2. The lowest BCUT2D eigenvalue weighted by Crippen LogP contribution is -2.31. The Hall–Kier alpha value is -3.74. The van der Waals surface area contributed by atoms with Gasteiger partial charge in [0.25, 0.3) is 5.91 Å². The van der Waals surface area contributed by atoms with Crippen molar-refractivity contribution in [3.8, 4) is 11.5 Å². The predicted octanol–water partition coefficient (Wildman–Crippen LogP) is 3.53. The molecule has 2 aromatic carbocycles. The quantitative estimate of drug-likeness (QED) is 0.447. The van der Waals surface area contributed by atoms with Gasteiger partial charge in [0.15, 0.2) is 11.5 Å². The highest BCUT2D eigenvalue weighted by atomic mass is 16.6. The Bertz CT molecular complexity index is 1100. The van der Waals surface area contributed by atoms with Gasteiger partial charge < -0.3 is 25.1 Å². The Morgan fingerprint density at radius 1 is 1.07 bits per heavy atom.